The number of benzene rings is 2. The van der Waals surface area contributed by atoms with Crippen LogP contribution in [0.3, 0.4) is 0 Å². The second-order valence-corrected chi connectivity index (χ2v) is 10.3. The molecule has 0 radical (unpaired) electrons. The molecule has 1 aromatic heterocycles. The molecule has 9 heteroatoms. The molecule has 0 unspecified atom stereocenters. The molecule has 1 heterocycles. The third-order valence-electron chi connectivity index (χ3n) is 5.53. The molecule has 0 fully saturated rings. The van der Waals surface area contributed by atoms with Gasteiger partial charge in [0.2, 0.25) is 10.0 Å². The van der Waals surface area contributed by atoms with Crippen molar-refractivity contribution in [2.24, 2.45) is 5.73 Å². The zero-order valence-corrected chi connectivity index (χ0v) is 20.3. The Labute approximate surface area is 193 Å². The Kier molecular flexibility index (Phi) is 7.06. The summed E-state index contributed by atoms with van der Waals surface area (Å²) in [6.07, 6.45) is 1.31. The fraction of sp³-hybridized carbons (Fsp3) is 0.292. The Bertz CT molecular complexity index is 1340. The van der Waals surface area contributed by atoms with E-state index in [2.05, 4.69) is 0 Å². The lowest BCUT2D eigenvalue weighted by atomic mass is 10.0. The van der Waals surface area contributed by atoms with Gasteiger partial charge in [-0.2, -0.15) is 0 Å². The quantitative estimate of drug-likeness (QED) is 0.571. The molecule has 0 spiro atoms. The van der Waals surface area contributed by atoms with Gasteiger partial charge in [0.15, 0.2) is 0 Å². The second-order valence-electron chi connectivity index (χ2n) is 8.18. The molecular weight excluding hydrogens is 443 g/mol. The van der Waals surface area contributed by atoms with Crippen LogP contribution >= 0.6 is 0 Å². The average molecular weight is 473 g/mol. The zero-order chi connectivity index (χ0) is 24.5. The van der Waals surface area contributed by atoms with Crippen molar-refractivity contribution in [1.82, 2.24) is 13.8 Å². The number of carbonyl (C=O) groups excluding carboxylic acids is 1. The van der Waals surface area contributed by atoms with Gasteiger partial charge in [0.05, 0.1) is 17.0 Å². The molecule has 2 aromatic carbocycles. The summed E-state index contributed by atoms with van der Waals surface area (Å²) < 4.78 is 42.8. The van der Waals surface area contributed by atoms with Crippen LogP contribution in [-0.2, 0) is 16.6 Å². The predicted octanol–water partition coefficient (Wildman–Crippen LogP) is 3.38. The lowest BCUT2D eigenvalue weighted by Gasteiger charge is -2.13. The second kappa shape index (κ2) is 9.46. The number of aromatic nitrogens is 1. The fourth-order valence-corrected chi connectivity index (χ4v) is 4.75. The number of allylic oxidation sites excluding steroid dienone is 1. The van der Waals surface area contributed by atoms with Crippen LogP contribution in [-0.4, -0.2) is 62.8 Å². The Hall–Kier alpha value is -3.01. The number of rotatable bonds is 7. The first kappa shape index (κ1) is 24.6. The normalized spacial score (nSPS) is 12.5. The van der Waals surface area contributed by atoms with Crippen LogP contribution in [0.15, 0.2) is 59.3 Å². The van der Waals surface area contributed by atoms with E-state index >= 15 is 0 Å². The molecule has 0 aliphatic rings. The van der Waals surface area contributed by atoms with Gasteiger partial charge in [0.25, 0.3) is 5.91 Å². The first-order chi connectivity index (χ1) is 15.5. The van der Waals surface area contributed by atoms with Gasteiger partial charge < -0.3 is 15.2 Å². The van der Waals surface area contributed by atoms with Crippen LogP contribution in [0.1, 0.15) is 16.1 Å². The summed E-state index contributed by atoms with van der Waals surface area (Å²) in [6, 6.07) is 12.0. The monoisotopic (exact) mass is 472 g/mol. The number of hydrogen-bond donors (Lipinski definition) is 1. The molecule has 0 saturated heterocycles. The van der Waals surface area contributed by atoms with E-state index in [0.717, 1.165) is 20.9 Å². The zero-order valence-electron chi connectivity index (χ0n) is 19.5. The Morgan fingerprint density at radius 3 is 2.42 bits per heavy atom. The van der Waals surface area contributed by atoms with Crippen molar-refractivity contribution < 1.29 is 17.6 Å². The molecule has 0 aliphatic carbocycles. The number of nitrogens with two attached hydrogens (primary N) is 1. The van der Waals surface area contributed by atoms with E-state index in [-0.39, 0.29) is 23.9 Å². The molecular formula is C24H29FN4O3S. The van der Waals surface area contributed by atoms with Crippen molar-refractivity contribution >= 4 is 26.8 Å². The van der Waals surface area contributed by atoms with Crippen LogP contribution in [0.25, 0.3) is 22.0 Å². The number of nitrogens with zero attached hydrogens (tertiary/aromatic N) is 3. The summed E-state index contributed by atoms with van der Waals surface area (Å²) in [6.45, 7) is 1.88. The van der Waals surface area contributed by atoms with Crippen LogP contribution in [0, 0.1) is 6.92 Å². The van der Waals surface area contributed by atoms with E-state index in [1.807, 2.05) is 19.1 Å². The predicted molar refractivity (Wildman–Crippen MR) is 129 cm³/mol. The smallest absolute Gasteiger partial charge is 0.253 e. The molecule has 176 valence electrons. The molecule has 1 amide bonds. The highest BCUT2D eigenvalue weighted by molar-refractivity contribution is 7.89. The van der Waals surface area contributed by atoms with Gasteiger partial charge >= 0.3 is 0 Å². The Morgan fingerprint density at radius 1 is 1.12 bits per heavy atom. The minimum absolute atomic E-state index is 0.0468. The molecule has 3 rings (SSSR count). The molecule has 0 aliphatic heterocycles. The van der Waals surface area contributed by atoms with E-state index in [0.29, 0.717) is 16.6 Å². The third kappa shape index (κ3) is 4.71. The summed E-state index contributed by atoms with van der Waals surface area (Å²) >= 11 is 0. The highest BCUT2D eigenvalue weighted by Gasteiger charge is 2.22. The van der Waals surface area contributed by atoms with E-state index in [9.17, 15) is 17.6 Å². The largest absolute Gasteiger partial charge is 0.345 e. The van der Waals surface area contributed by atoms with E-state index in [4.69, 9.17) is 5.73 Å². The van der Waals surface area contributed by atoms with Gasteiger partial charge in [-0.25, -0.2) is 17.1 Å². The number of amides is 1. The first-order valence-corrected chi connectivity index (χ1v) is 11.8. The van der Waals surface area contributed by atoms with E-state index in [1.165, 1.54) is 25.1 Å². The van der Waals surface area contributed by atoms with Crippen molar-refractivity contribution in [3.05, 3.63) is 65.6 Å². The van der Waals surface area contributed by atoms with Crippen molar-refractivity contribution in [2.75, 3.05) is 34.7 Å². The van der Waals surface area contributed by atoms with Gasteiger partial charge in [-0.05, 0) is 42.8 Å². The topological polar surface area (TPSA) is 88.6 Å². The van der Waals surface area contributed by atoms with Gasteiger partial charge in [-0.1, -0.05) is 18.2 Å². The maximum Gasteiger partial charge on any atom is 0.253 e. The molecule has 3 aromatic rings. The lowest BCUT2D eigenvalue weighted by molar-refractivity contribution is 0.0827. The Morgan fingerprint density at radius 2 is 1.82 bits per heavy atom. The first-order valence-electron chi connectivity index (χ1n) is 10.4. The Balaban J connectivity index is 2.30. The maximum atomic E-state index is 14.5. The number of halogens is 1. The summed E-state index contributed by atoms with van der Waals surface area (Å²) in [5, 5.41) is 0.794. The molecule has 7 nitrogen and oxygen atoms in total. The minimum atomic E-state index is -3.63. The van der Waals surface area contributed by atoms with Crippen molar-refractivity contribution in [3.8, 4) is 11.1 Å². The maximum absolute atomic E-state index is 14.5. The van der Waals surface area contributed by atoms with Crippen molar-refractivity contribution in [3.63, 3.8) is 0 Å². The third-order valence-corrected chi connectivity index (χ3v) is 7.34. The standard InChI is InChI=1S/C24H29FN4O3S/c1-16-23(17-7-6-8-20(13-17)33(31,32)28(4)5)21-10-9-18(24(30)27(2)3)14-22(21)29(16)15-19(25)11-12-26/h6-11,13-14H,12,15,26H2,1-5H3. The molecule has 2 N–H and O–H groups in total. The summed E-state index contributed by atoms with van der Waals surface area (Å²) in [7, 11) is 2.67. The number of fused-ring (bicyclic) bond motifs is 1. The highest BCUT2D eigenvalue weighted by Crippen LogP contribution is 2.37. The van der Waals surface area contributed by atoms with Crippen LogP contribution in [0.2, 0.25) is 0 Å². The number of sulfonamides is 1. The van der Waals surface area contributed by atoms with Gasteiger partial charge in [0.1, 0.15) is 5.83 Å². The molecule has 0 saturated carbocycles. The number of carbonyl (C=O) groups is 1. The van der Waals surface area contributed by atoms with E-state index in [1.54, 1.807) is 49.0 Å². The van der Waals surface area contributed by atoms with Crippen molar-refractivity contribution in [1.29, 1.82) is 0 Å². The summed E-state index contributed by atoms with van der Waals surface area (Å²) in [5.74, 6) is -0.557. The fourth-order valence-electron chi connectivity index (χ4n) is 3.80. The van der Waals surface area contributed by atoms with Gasteiger partial charge in [0, 0.05) is 56.9 Å². The molecule has 0 bridgehead atoms. The number of hydrogen-bond acceptors (Lipinski definition) is 4. The minimum Gasteiger partial charge on any atom is -0.345 e. The van der Waals surface area contributed by atoms with Gasteiger partial charge in [-0.15, -0.1) is 0 Å². The lowest BCUT2D eigenvalue weighted by Crippen LogP contribution is -2.22. The van der Waals surface area contributed by atoms with Crippen LogP contribution < -0.4 is 5.73 Å². The molecule has 33 heavy (non-hydrogen) atoms. The summed E-state index contributed by atoms with van der Waals surface area (Å²) in [4.78, 5) is 14.2. The van der Waals surface area contributed by atoms with E-state index < -0.39 is 15.9 Å². The SMILES string of the molecule is Cc1c(-c2cccc(S(=O)(=O)N(C)C)c2)c2ccc(C(=O)N(C)C)cc2n1CC(F)=CCN. The van der Waals surface area contributed by atoms with Crippen LogP contribution in [0.4, 0.5) is 4.39 Å². The summed E-state index contributed by atoms with van der Waals surface area (Å²) in [5.41, 5.74) is 8.85. The average Bonchev–Trinajstić information content (AvgIpc) is 3.03. The van der Waals surface area contributed by atoms with Crippen molar-refractivity contribution in [2.45, 2.75) is 18.4 Å². The van der Waals surface area contributed by atoms with Gasteiger partial charge in [-0.3, -0.25) is 4.79 Å². The van der Waals surface area contributed by atoms with Crippen LogP contribution in [0.5, 0.6) is 0 Å². The molecule has 0 atom stereocenters. The highest BCUT2D eigenvalue weighted by atomic mass is 32.2.